The van der Waals surface area contributed by atoms with E-state index in [0.717, 1.165) is 36.2 Å². The van der Waals surface area contributed by atoms with Crippen molar-refractivity contribution in [1.82, 2.24) is 24.6 Å². The lowest BCUT2D eigenvalue weighted by Gasteiger charge is -2.31. The van der Waals surface area contributed by atoms with Crippen LogP contribution in [0.4, 0.5) is 0 Å². The number of thiazole rings is 1. The van der Waals surface area contributed by atoms with Crippen LogP contribution in [0.5, 0.6) is 0 Å². The molecule has 18 heavy (non-hydrogen) atoms. The number of hydrogen-bond donors (Lipinski definition) is 0. The third-order valence-corrected chi connectivity index (χ3v) is 4.62. The van der Waals surface area contributed by atoms with Crippen molar-refractivity contribution < 1.29 is 0 Å². The van der Waals surface area contributed by atoms with Gasteiger partial charge in [-0.05, 0) is 6.92 Å². The van der Waals surface area contributed by atoms with Crippen LogP contribution in [0.3, 0.4) is 0 Å². The van der Waals surface area contributed by atoms with Gasteiger partial charge in [0.25, 0.3) is 0 Å². The van der Waals surface area contributed by atoms with Crippen molar-refractivity contribution >= 4 is 22.9 Å². The molecule has 3 heterocycles. The number of halogens is 1. The number of nitrogens with zero attached hydrogens (tertiary/aromatic N) is 5. The Balaban J connectivity index is 1.76. The van der Waals surface area contributed by atoms with Crippen molar-refractivity contribution in [2.24, 2.45) is 0 Å². The van der Waals surface area contributed by atoms with E-state index >= 15 is 0 Å². The standard InChI is InChI=1S/C11H14ClN5S/c1-8(11-14-9(4-12)6-18-11)16-2-3-17-7-13-15-10(17)5-16/h6-8H,2-5H2,1H3. The van der Waals surface area contributed by atoms with Gasteiger partial charge in [0.15, 0.2) is 0 Å². The zero-order chi connectivity index (χ0) is 12.5. The second-order valence-electron chi connectivity index (χ2n) is 4.40. The molecule has 0 saturated carbocycles. The first-order valence-corrected chi connectivity index (χ1v) is 7.30. The highest BCUT2D eigenvalue weighted by atomic mass is 35.5. The van der Waals surface area contributed by atoms with Gasteiger partial charge in [0.2, 0.25) is 0 Å². The number of fused-ring (bicyclic) bond motifs is 1. The summed E-state index contributed by atoms with van der Waals surface area (Å²) in [5.41, 5.74) is 0.962. The largest absolute Gasteiger partial charge is 0.315 e. The van der Waals surface area contributed by atoms with Crippen LogP contribution in [-0.4, -0.2) is 31.2 Å². The minimum atomic E-state index is 0.303. The molecule has 0 saturated heterocycles. The molecule has 1 unspecified atom stereocenters. The first kappa shape index (κ1) is 12.1. The summed E-state index contributed by atoms with van der Waals surface area (Å²) in [5.74, 6) is 1.51. The fourth-order valence-corrected chi connectivity index (χ4v) is 3.28. The van der Waals surface area contributed by atoms with E-state index in [1.165, 1.54) is 0 Å². The monoisotopic (exact) mass is 283 g/mol. The molecule has 0 aromatic carbocycles. The lowest BCUT2D eigenvalue weighted by atomic mass is 10.2. The number of rotatable bonds is 3. The van der Waals surface area contributed by atoms with E-state index in [1.807, 2.05) is 5.38 Å². The Labute approximate surface area is 114 Å². The maximum atomic E-state index is 5.79. The predicted molar refractivity (Wildman–Crippen MR) is 70.5 cm³/mol. The van der Waals surface area contributed by atoms with Gasteiger partial charge in [-0.2, -0.15) is 0 Å². The van der Waals surface area contributed by atoms with Crippen LogP contribution in [0.15, 0.2) is 11.7 Å². The van der Waals surface area contributed by atoms with Gasteiger partial charge in [-0.15, -0.1) is 33.1 Å². The normalized spacial score (nSPS) is 17.7. The van der Waals surface area contributed by atoms with Crippen LogP contribution in [0.25, 0.3) is 0 Å². The first-order valence-electron chi connectivity index (χ1n) is 5.89. The first-order chi connectivity index (χ1) is 8.78. The van der Waals surface area contributed by atoms with E-state index in [-0.39, 0.29) is 0 Å². The third kappa shape index (κ3) is 2.15. The van der Waals surface area contributed by atoms with Gasteiger partial charge in [-0.25, -0.2) is 4.98 Å². The Bertz CT molecular complexity index is 537. The molecule has 0 radical (unpaired) electrons. The molecule has 7 heteroatoms. The minimum absolute atomic E-state index is 0.303. The molecule has 2 aromatic rings. The fraction of sp³-hybridized carbons (Fsp3) is 0.545. The van der Waals surface area contributed by atoms with Crippen molar-refractivity contribution in [3.8, 4) is 0 Å². The topological polar surface area (TPSA) is 46.8 Å². The molecular formula is C11H14ClN5S. The van der Waals surface area contributed by atoms with Crippen molar-refractivity contribution in [1.29, 1.82) is 0 Å². The zero-order valence-corrected chi connectivity index (χ0v) is 11.7. The summed E-state index contributed by atoms with van der Waals surface area (Å²) in [6, 6.07) is 0.303. The molecular weight excluding hydrogens is 270 g/mol. The molecule has 0 amide bonds. The highest BCUT2D eigenvalue weighted by Crippen LogP contribution is 2.27. The van der Waals surface area contributed by atoms with Gasteiger partial charge in [-0.3, -0.25) is 4.90 Å². The predicted octanol–water partition coefficient (Wildman–Crippen LogP) is 2.05. The van der Waals surface area contributed by atoms with E-state index in [4.69, 9.17) is 11.6 Å². The molecule has 0 bridgehead atoms. The summed E-state index contributed by atoms with van der Waals surface area (Å²) in [5, 5.41) is 11.2. The summed E-state index contributed by atoms with van der Waals surface area (Å²) in [6.07, 6.45) is 1.80. The van der Waals surface area contributed by atoms with Gasteiger partial charge in [0.1, 0.15) is 17.2 Å². The SMILES string of the molecule is CC(c1nc(CCl)cs1)N1CCn2cnnc2C1. The molecule has 3 rings (SSSR count). The molecule has 1 aliphatic heterocycles. The zero-order valence-electron chi connectivity index (χ0n) is 10.1. The van der Waals surface area contributed by atoms with E-state index in [9.17, 15) is 0 Å². The second-order valence-corrected chi connectivity index (χ2v) is 5.55. The molecule has 0 fully saturated rings. The number of hydrogen-bond acceptors (Lipinski definition) is 5. The summed E-state index contributed by atoms with van der Waals surface area (Å²) in [7, 11) is 0. The van der Waals surface area contributed by atoms with Crippen molar-refractivity contribution in [2.45, 2.75) is 31.9 Å². The van der Waals surface area contributed by atoms with Gasteiger partial charge in [0, 0.05) is 18.5 Å². The van der Waals surface area contributed by atoms with Crippen molar-refractivity contribution in [2.75, 3.05) is 6.54 Å². The maximum absolute atomic E-state index is 5.79. The summed E-state index contributed by atoms with van der Waals surface area (Å²) in [6.45, 7) is 4.96. The highest BCUT2D eigenvalue weighted by Gasteiger charge is 2.24. The molecule has 0 spiro atoms. The van der Waals surface area contributed by atoms with Crippen LogP contribution in [0, 0.1) is 0 Å². The molecule has 1 aliphatic rings. The van der Waals surface area contributed by atoms with Gasteiger partial charge in [0.05, 0.1) is 24.2 Å². The average molecular weight is 284 g/mol. The average Bonchev–Trinajstić information content (AvgIpc) is 3.05. The van der Waals surface area contributed by atoms with E-state index < -0.39 is 0 Å². The van der Waals surface area contributed by atoms with Crippen molar-refractivity contribution in [3.05, 3.63) is 28.2 Å². The molecule has 0 aliphatic carbocycles. The van der Waals surface area contributed by atoms with Crippen LogP contribution in [-0.2, 0) is 19.0 Å². The van der Waals surface area contributed by atoms with Crippen LogP contribution in [0.2, 0.25) is 0 Å². The Hall–Kier alpha value is -0.980. The molecule has 0 N–H and O–H groups in total. The molecule has 2 aromatic heterocycles. The minimum Gasteiger partial charge on any atom is -0.315 e. The van der Waals surface area contributed by atoms with E-state index in [0.29, 0.717) is 11.9 Å². The summed E-state index contributed by atoms with van der Waals surface area (Å²) in [4.78, 5) is 6.93. The van der Waals surface area contributed by atoms with E-state index in [2.05, 4.69) is 31.6 Å². The van der Waals surface area contributed by atoms with Crippen LogP contribution < -0.4 is 0 Å². The molecule has 5 nitrogen and oxygen atoms in total. The quantitative estimate of drug-likeness (QED) is 0.809. The summed E-state index contributed by atoms with van der Waals surface area (Å²) < 4.78 is 2.11. The number of aromatic nitrogens is 4. The molecule has 1 atom stereocenters. The Morgan fingerprint density at radius 3 is 3.17 bits per heavy atom. The Kier molecular flexibility index (Phi) is 3.32. The van der Waals surface area contributed by atoms with Crippen molar-refractivity contribution in [3.63, 3.8) is 0 Å². The van der Waals surface area contributed by atoms with Crippen LogP contribution in [0.1, 0.15) is 29.5 Å². The second kappa shape index (κ2) is 4.95. The smallest absolute Gasteiger partial charge is 0.147 e. The lowest BCUT2D eigenvalue weighted by Crippen LogP contribution is -2.35. The number of alkyl halides is 1. The van der Waals surface area contributed by atoms with Crippen LogP contribution >= 0.6 is 22.9 Å². The van der Waals surface area contributed by atoms with Gasteiger partial charge >= 0.3 is 0 Å². The Morgan fingerprint density at radius 1 is 1.50 bits per heavy atom. The highest BCUT2D eigenvalue weighted by molar-refractivity contribution is 7.09. The van der Waals surface area contributed by atoms with Gasteiger partial charge < -0.3 is 4.57 Å². The Morgan fingerprint density at radius 2 is 2.39 bits per heavy atom. The molecule has 96 valence electrons. The van der Waals surface area contributed by atoms with E-state index in [1.54, 1.807) is 17.7 Å². The lowest BCUT2D eigenvalue weighted by molar-refractivity contribution is 0.163. The third-order valence-electron chi connectivity index (χ3n) is 3.28. The fourth-order valence-electron chi connectivity index (χ4n) is 2.15. The maximum Gasteiger partial charge on any atom is 0.147 e. The summed E-state index contributed by atoms with van der Waals surface area (Å²) >= 11 is 7.47. The van der Waals surface area contributed by atoms with Gasteiger partial charge in [-0.1, -0.05) is 0 Å².